The molecule has 1 aliphatic heterocycles. The van der Waals surface area contributed by atoms with Crippen LogP contribution in [0.25, 0.3) is 5.57 Å². The second-order valence-corrected chi connectivity index (χ2v) is 9.96. The summed E-state index contributed by atoms with van der Waals surface area (Å²) >= 11 is 9.62. The van der Waals surface area contributed by atoms with Crippen molar-refractivity contribution in [3.63, 3.8) is 0 Å². The molecule has 0 saturated carbocycles. The highest BCUT2D eigenvalue weighted by Crippen LogP contribution is 2.20. The van der Waals surface area contributed by atoms with Crippen molar-refractivity contribution in [2.24, 2.45) is 0 Å². The number of Topliss-reactive ketones (excluding diaryl/α,β-unsaturated/α-hetero) is 1. The predicted octanol–water partition coefficient (Wildman–Crippen LogP) is 6.20. The van der Waals surface area contributed by atoms with Crippen molar-refractivity contribution < 1.29 is 4.79 Å². The predicted molar refractivity (Wildman–Crippen MR) is 145 cm³/mol. The maximum atomic E-state index is 11.5. The molecule has 0 N–H and O–H groups in total. The molecule has 0 spiro atoms. The average molecular weight is 535 g/mol. The molecule has 1 saturated heterocycles. The lowest BCUT2D eigenvalue weighted by Crippen LogP contribution is -2.31. The van der Waals surface area contributed by atoms with Gasteiger partial charge in [0.1, 0.15) is 0 Å². The summed E-state index contributed by atoms with van der Waals surface area (Å²) in [5.41, 5.74) is 2.91. The summed E-state index contributed by atoms with van der Waals surface area (Å²) < 4.78 is 0.978. The molecule has 33 heavy (non-hydrogen) atoms. The van der Waals surface area contributed by atoms with Crippen LogP contribution in [0.4, 0.5) is 0 Å². The number of ketones is 1. The van der Waals surface area contributed by atoms with E-state index in [-0.39, 0.29) is 5.78 Å². The number of rotatable bonds is 7. The van der Waals surface area contributed by atoms with Gasteiger partial charge >= 0.3 is 0 Å². The first-order chi connectivity index (χ1) is 15.8. The van der Waals surface area contributed by atoms with E-state index in [0.29, 0.717) is 0 Å². The van der Waals surface area contributed by atoms with E-state index in [1.807, 2.05) is 61.6 Å². The van der Waals surface area contributed by atoms with Crippen LogP contribution in [-0.2, 0) is 11.3 Å². The van der Waals surface area contributed by atoms with E-state index in [1.54, 1.807) is 6.92 Å². The Hall–Kier alpha value is -1.66. The number of carbonyl (C=O) groups is 1. The molecule has 6 heteroatoms. The van der Waals surface area contributed by atoms with Crippen LogP contribution in [-0.4, -0.2) is 67.3 Å². The third kappa shape index (κ3) is 10.0. The van der Waals surface area contributed by atoms with Gasteiger partial charge in [0, 0.05) is 55.0 Å². The Bertz CT molecular complexity index is 916. The quantitative estimate of drug-likeness (QED) is 0.395. The normalized spacial score (nSPS) is 15.4. The van der Waals surface area contributed by atoms with Crippen LogP contribution in [0, 0.1) is 0 Å². The Morgan fingerprint density at radius 1 is 1.06 bits per heavy atom. The fourth-order valence-electron chi connectivity index (χ4n) is 3.87. The van der Waals surface area contributed by atoms with Gasteiger partial charge in [-0.1, -0.05) is 64.8 Å². The van der Waals surface area contributed by atoms with Gasteiger partial charge in [0.25, 0.3) is 0 Å². The number of allylic oxidation sites excluding steroid dienone is 1. The molecule has 180 valence electrons. The van der Waals surface area contributed by atoms with Gasteiger partial charge in [0.2, 0.25) is 0 Å². The molecule has 0 radical (unpaired) electrons. The van der Waals surface area contributed by atoms with Crippen LogP contribution in [0.3, 0.4) is 0 Å². The number of hydrogen-bond donors (Lipinski definition) is 0. The molecule has 0 aliphatic carbocycles. The van der Waals surface area contributed by atoms with E-state index in [9.17, 15) is 4.79 Å². The SMILES string of the molecule is CC(=O)/C(=C/N(C)C)c1cccc(Br)c1.CCCN1CCCN(Cc2ccccc2Cl)CC1. The van der Waals surface area contributed by atoms with E-state index >= 15 is 0 Å². The summed E-state index contributed by atoms with van der Waals surface area (Å²) in [5, 5.41) is 0.896. The molecule has 0 amide bonds. The Balaban J connectivity index is 0.000000238. The molecule has 4 nitrogen and oxygen atoms in total. The zero-order valence-electron chi connectivity index (χ0n) is 20.4. The van der Waals surface area contributed by atoms with E-state index in [4.69, 9.17) is 11.6 Å². The van der Waals surface area contributed by atoms with Crippen molar-refractivity contribution in [2.45, 2.75) is 33.2 Å². The Morgan fingerprint density at radius 2 is 1.76 bits per heavy atom. The summed E-state index contributed by atoms with van der Waals surface area (Å²) in [7, 11) is 3.81. The third-order valence-corrected chi connectivity index (χ3v) is 6.34. The van der Waals surface area contributed by atoms with Crippen molar-refractivity contribution in [3.8, 4) is 0 Å². The van der Waals surface area contributed by atoms with Crippen LogP contribution >= 0.6 is 27.5 Å². The fraction of sp³-hybridized carbons (Fsp3) is 0.444. The van der Waals surface area contributed by atoms with Gasteiger partial charge in [-0.05, 0) is 68.7 Å². The second kappa shape index (κ2) is 14.6. The molecule has 0 atom stereocenters. The maximum absolute atomic E-state index is 11.5. The highest BCUT2D eigenvalue weighted by Gasteiger charge is 2.15. The molecule has 2 aromatic carbocycles. The molecule has 3 rings (SSSR count). The number of benzene rings is 2. The minimum absolute atomic E-state index is 0.0711. The highest BCUT2D eigenvalue weighted by molar-refractivity contribution is 9.10. The van der Waals surface area contributed by atoms with Gasteiger partial charge in [0.15, 0.2) is 5.78 Å². The van der Waals surface area contributed by atoms with Gasteiger partial charge < -0.3 is 9.80 Å². The largest absolute Gasteiger partial charge is 0.383 e. The minimum Gasteiger partial charge on any atom is -0.383 e. The van der Waals surface area contributed by atoms with Crippen molar-refractivity contribution in [1.29, 1.82) is 0 Å². The second-order valence-electron chi connectivity index (χ2n) is 8.64. The van der Waals surface area contributed by atoms with Gasteiger partial charge in [-0.2, -0.15) is 0 Å². The Kier molecular flexibility index (Phi) is 12.2. The third-order valence-electron chi connectivity index (χ3n) is 5.47. The Labute approximate surface area is 213 Å². The lowest BCUT2D eigenvalue weighted by molar-refractivity contribution is -0.111. The van der Waals surface area contributed by atoms with E-state index < -0.39 is 0 Å². The lowest BCUT2D eigenvalue weighted by atomic mass is 10.0. The van der Waals surface area contributed by atoms with Gasteiger partial charge in [-0.3, -0.25) is 9.69 Å². The van der Waals surface area contributed by atoms with Crippen LogP contribution < -0.4 is 0 Å². The molecule has 0 aromatic heterocycles. The molecule has 1 fully saturated rings. The average Bonchev–Trinajstić information content (AvgIpc) is 2.99. The van der Waals surface area contributed by atoms with Gasteiger partial charge in [0.05, 0.1) is 0 Å². The first-order valence-electron chi connectivity index (χ1n) is 11.6. The fourth-order valence-corrected chi connectivity index (χ4v) is 4.47. The molecule has 0 unspecified atom stereocenters. The monoisotopic (exact) mass is 533 g/mol. The Morgan fingerprint density at radius 3 is 2.39 bits per heavy atom. The van der Waals surface area contributed by atoms with Crippen LogP contribution in [0.2, 0.25) is 5.02 Å². The number of hydrogen-bond acceptors (Lipinski definition) is 4. The molecule has 0 bridgehead atoms. The van der Waals surface area contributed by atoms with Gasteiger partial charge in [-0.15, -0.1) is 0 Å². The summed E-state index contributed by atoms with van der Waals surface area (Å²) in [4.78, 5) is 18.5. The maximum Gasteiger partial charge on any atom is 0.161 e. The zero-order chi connectivity index (χ0) is 24.2. The number of halogens is 2. The number of nitrogens with zero attached hydrogens (tertiary/aromatic N) is 3. The topological polar surface area (TPSA) is 26.8 Å². The summed E-state index contributed by atoms with van der Waals surface area (Å²) in [6, 6.07) is 15.9. The smallest absolute Gasteiger partial charge is 0.161 e. The standard InChI is InChI=1S/C15H23ClN2.C12H14BrNO/c1-2-8-17-9-5-10-18(12-11-17)13-14-6-3-4-7-15(14)16;1-9(15)12(8-14(2)3)10-5-4-6-11(13)7-10/h3-4,6-7H,2,5,8-13H2,1H3;4-8H,1-3H3/b;12-8-. The highest BCUT2D eigenvalue weighted by atomic mass is 79.9. The summed E-state index contributed by atoms with van der Waals surface area (Å²) in [6.07, 6.45) is 4.36. The summed E-state index contributed by atoms with van der Waals surface area (Å²) in [6.45, 7) is 10.8. The first-order valence-corrected chi connectivity index (χ1v) is 12.8. The molecule has 2 aromatic rings. The van der Waals surface area contributed by atoms with Gasteiger partial charge in [-0.25, -0.2) is 0 Å². The molecule has 1 aliphatic rings. The zero-order valence-corrected chi connectivity index (χ0v) is 22.7. The van der Waals surface area contributed by atoms with Crippen molar-refractivity contribution in [2.75, 3.05) is 46.8 Å². The van der Waals surface area contributed by atoms with E-state index in [0.717, 1.165) is 33.7 Å². The molecule has 1 heterocycles. The first kappa shape index (κ1) is 27.6. The van der Waals surface area contributed by atoms with Crippen LogP contribution in [0.15, 0.2) is 59.2 Å². The van der Waals surface area contributed by atoms with E-state index in [2.05, 4.69) is 44.8 Å². The van der Waals surface area contributed by atoms with Crippen LogP contribution in [0.5, 0.6) is 0 Å². The summed E-state index contributed by atoms with van der Waals surface area (Å²) in [5.74, 6) is 0.0711. The van der Waals surface area contributed by atoms with E-state index in [1.165, 1.54) is 44.6 Å². The molecular formula is C27H37BrClN3O. The lowest BCUT2D eigenvalue weighted by Gasteiger charge is -2.21. The molecular weight excluding hydrogens is 498 g/mol. The number of carbonyl (C=O) groups excluding carboxylic acids is 1. The van der Waals surface area contributed by atoms with Crippen LogP contribution in [0.1, 0.15) is 37.8 Å². The minimum atomic E-state index is 0.0711. The van der Waals surface area contributed by atoms with Crippen molar-refractivity contribution in [1.82, 2.24) is 14.7 Å². The van der Waals surface area contributed by atoms with Crippen molar-refractivity contribution in [3.05, 3.63) is 75.4 Å². The van der Waals surface area contributed by atoms with Crippen molar-refractivity contribution >= 4 is 38.9 Å².